The van der Waals surface area contributed by atoms with Crippen molar-refractivity contribution in [3.8, 4) is 0 Å². The quantitative estimate of drug-likeness (QED) is 0.834. The summed E-state index contributed by atoms with van der Waals surface area (Å²) in [5, 5.41) is 11.9. The van der Waals surface area contributed by atoms with Crippen molar-refractivity contribution in [3.63, 3.8) is 0 Å². The number of alkyl carbamates (subject to hydrolysis) is 1. The lowest BCUT2D eigenvalue weighted by atomic mass is 9.68. The number of carboxylic acid groups (broad SMARTS) is 1. The molecule has 0 aliphatic heterocycles. The number of hydrogen-bond donors (Lipinski definition) is 2. The van der Waals surface area contributed by atoms with Crippen LogP contribution in [0.2, 0.25) is 0 Å². The van der Waals surface area contributed by atoms with Gasteiger partial charge in [-0.05, 0) is 51.9 Å². The number of amides is 1. The molecule has 2 N–H and O–H groups in total. The monoisotopic (exact) mass is 285 g/mol. The van der Waals surface area contributed by atoms with Gasteiger partial charge in [0, 0.05) is 0 Å². The smallest absolute Gasteiger partial charge is 0.408 e. The van der Waals surface area contributed by atoms with E-state index in [-0.39, 0.29) is 11.8 Å². The number of rotatable bonds is 3. The molecule has 1 saturated carbocycles. The van der Waals surface area contributed by atoms with Crippen molar-refractivity contribution in [2.75, 3.05) is 0 Å². The molecule has 1 aliphatic rings. The minimum Gasteiger partial charge on any atom is -0.481 e. The number of hydrogen-bond acceptors (Lipinski definition) is 3. The summed E-state index contributed by atoms with van der Waals surface area (Å²) < 4.78 is 5.26. The Morgan fingerprint density at radius 3 is 2.05 bits per heavy atom. The first-order valence-electron chi connectivity index (χ1n) is 7.16. The molecule has 0 aromatic heterocycles. The van der Waals surface area contributed by atoms with Crippen molar-refractivity contribution in [2.45, 2.75) is 77.9 Å². The number of carboxylic acids is 1. The highest BCUT2D eigenvalue weighted by Crippen LogP contribution is 2.41. The maximum atomic E-state index is 11.9. The van der Waals surface area contributed by atoms with Gasteiger partial charge in [0.25, 0.3) is 0 Å². The highest BCUT2D eigenvalue weighted by atomic mass is 16.6. The second-order valence-electron chi connectivity index (χ2n) is 7.64. The van der Waals surface area contributed by atoms with Gasteiger partial charge in [-0.15, -0.1) is 0 Å². The van der Waals surface area contributed by atoms with Crippen molar-refractivity contribution in [3.05, 3.63) is 0 Å². The molecular formula is C15H27NO4. The molecule has 0 heterocycles. The van der Waals surface area contributed by atoms with E-state index in [1.165, 1.54) is 0 Å². The molecule has 1 aliphatic carbocycles. The fourth-order valence-electron chi connectivity index (χ4n) is 2.56. The normalized spacial score (nSPS) is 21.1. The van der Waals surface area contributed by atoms with Crippen LogP contribution in [0.15, 0.2) is 0 Å². The van der Waals surface area contributed by atoms with E-state index in [1.54, 1.807) is 20.8 Å². The van der Waals surface area contributed by atoms with Gasteiger partial charge in [0.2, 0.25) is 0 Å². The Morgan fingerprint density at radius 2 is 1.65 bits per heavy atom. The van der Waals surface area contributed by atoms with E-state index in [0.717, 1.165) is 12.8 Å². The average molecular weight is 285 g/mol. The molecule has 5 heteroatoms. The summed E-state index contributed by atoms with van der Waals surface area (Å²) in [4.78, 5) is 23.1. The van der Waals surface area contributed by atoms with Crippen LogP contribution < -0.4 is 5.32 Å². The summed E-state index contributed by atoms with van der Waals surface area (Å²) in [5.41, 5.74) is -1.05. The SMILES string of the molecule is CC1(C)CCC(CC(=O)O)(NC(=O)OC(C)(C)C)CC1. The maximum Gasteiger partial charge on any atom is 0.408 e. The van der Waals surface area contributed by atoms with E-state index in [1.807, 2.05) is 0 Å². The van der Waals surface area contributed by atoms with Gasteiger partial charge in [0.05, 0.1) is 12.0 Å². The van der Waals surface area contributed by atoms with Crippen LogP contribution in [-0.4, -0.2) is 28.3 Å². The summed E-state index contributed by atoms with van der Waals surface area (Å²) >= 11 is 0. The first kappa shape index (κ1) is 16.8. The molecule has 1 amide bonds. The van der Waals surface area contributed by atoms with E-state index in [0.29, 0.717) is 12.8 Å². The van der Waals surface area contributed by atoms with Crippen LogP contribution in [0.5, 0.6) is 0 Å². The van der Waals surface area contributed by atoms with Gasteiger partial charge in [-0.1, -0.05) is 13.8 Å². The number of nitrogens with one attached hydrogen (secondary N) is 1. The third-order valence-corrected chi connectivity index (χ3v) is 3.82. The van der Waals surface area contributed by atoms with E-state index in [4.69, 9.17) is 9.84 Å². The number of carbonyl (C=O) groups excluding carboxylic acids is 1. The average Bonchev–Trinajstić information content (AvgIpc) is 2.19. The molecule has 1 fully saturated rings. The Bertz CT molecular complexity index is 372. The molecule has 0 aromatic rings. The summed E-state index contributed by atoms with van der Waals surface area (Å²) in [6.45, 7) is 9.72. The molecule has 0 aromatic carbocycles. The first-order valence-corrected chi connectivity index (χ1v) is 7.16. The van der Waals surface area contributed by atoms with Gasteiger partial charge in [-0.2, -0.15) is 0 Å². The standard InChI is InChI=1S/C15H27NO4/c1-13(2,3)20-12(19)16-15(10-11(17)18)8-6-14(4,5)7-9-15/h6-10H2,1-5H3,(H,16,19)(H,17,18). The van der Waals surface area contributed by atoms with Crippen molar-refractivity contribution in [2.24, 2.45) is 5.41 Å². The van der Waals surface area contributed by atoms with E-state index >= 15 is 0 Å². The topological polar surface area (TPSA) is 75.6 Å². The van der Waals surface area contributed by atoms with Gasteiger partial charge in [0.15, 0.2) is 0 Å². The summed E-state index contributed by atoms with van der Waals surface area (Å²) in [7, 11) is 0. The molecule has 5 nitrogen and oxygen atoms in total. The highest BCUT2D eigenvalue weighted by Gasteiger charge is 2.41. The van der Waals surface area contributed by atoms with Gasteiger partial charge >= 0.3 is 12.1 Å². The van der Waals surface area contributed by atoms with Crippen LogP contribution in [-0.2, 0) is 9.53 Å². The lowest BCUT2D eigenvalue weighted by Crippen LogP contribution is -2.54. The molecule has 0 bridgehead atoms. The predicted octanol–water partition coefficient (Wildman–Crippen LogP) is 3.32. The Balaban J connectivity index is 2.75. The minimum atomic E-state index is -0.888. The maximum absolute atomic E-state index is 11.9. The lowest BCUT2D eigenvalue weighted by Gasteiger charge is -2.43. The van der Waals surface area contributed by atoms with Crippen LogP contribution in [0.25, 0.3) is 0 Å². The summed E-state index contributed by atoms with van der Waals surface area (Å²) in [5.74, 6) is -0.888. The van der Waals surface area contributed by atoms with Gasteiger partial charge < -0.3 is 15.2 Å². The minimum absolute atomic E-state index is 0.0533. The van der Waals surface area contributed by atoms with Crippen LogP contribution in [0.4, 0.5) is 4.79 Å². The fraction of sp³-hybridized carbons (Fsp3) is 0.867. The molecule has 0 radical (unpaired) electrons. The summed E-state index contributed by atoms with van der Waals surface area (Å²) in [6.07, 6.45) is 2.56. The number of ether oxygens (including phenoxy) is 1. The Labute approximate surface area is 121 Å². The molecule has 116 valence electrons. The first-order chi connectivity index (χ1) is 8.93. The van der Waals surface area contributed by atoms with Crippen LogP contribution >= 0.6 is 0 Å². The van der Waals surface area contributed by atoms with Crippen LogP contribution in [0.3, 0.4) is 0 Å². The number of aliphatic carboxylic acids is 1. The molecule has 0 spiro atoms. The third kappa shape index (κ3) is 5.39. The predicted molar refractivity (Wildman–Crippen MR) is 76.6 cm³/mol. The zero-order valence-corrected chi connectivity index (χ0v) is 13.2. The van der Waals surface area contributed by atoms with E-state index < -0.39 is 23.2 Å². The Hall–Kier alpha value is -1.26. The second-order valence-corrected chi connectivity index (χ2v) is 7.64. The van der Waals surface area contributed by atoms with Crippen LogP contribution in [0.1, 0.15) is 66.7 Å². The van der Waals surface area contributed by atoms with E-state index in [9.17, 15) is 9.59 Å². The summed E-state index contributed by atoms with van der Waals surface area (Å²) in [6, 6.07) is 0. The molecule has 20 heavy (non-hydrogen) atoms. The largest absolute Gasteiger partial charge is 0.481 e. The fourth-order valence-corrected chi connectivity index (χ4v) is 2.56. The highest BCUT2D eigenvalue weighted by molar-refractivity contribution is 5.73. The molecule has 1 rings (SSSR count). The second kappa shape index (κ2) is 5.62. The van der Waals surface area contributed by atoms with Crippen molar-refractivity contribution in [1.82, 2.24) is 5.32 Å². The third-order valence-electron chi connectivity index (χ3n) is 3.82. The zero-order chi connectivity index (χ0) is 15.6. The molecule has 0 unspecified atom stereocenters. The van der Waals surface area contributed by atoms with Crippen molar-refractivity contribution in [1.29, 1.82) is 0 Å². The zero-order valence-electron chi connectivity index (χ0n) is 13.2. The Morgan fingerprint density at radius 1 is 1.15 bits per heavy atom. The van der Waals surface area contributed by atoms with Crippen molar-refractivity contribution >= 4 is 12.1 Å². The van der Waals surface area contributed by atoms with E-state index in [2.05, 4.69) is 19.2 Å². The molecular weight excluding hydrogens is 258 g/mol. The lowest BCUT2D eigenvalue weighted by molar-refractivity contribution is -0.139. The molecule has 0 saturated heterocycles. The number of carbonyl (C=O) groups is 2. The Kier molecular flexibility index (Phi) is 4.72. The van der Waals surface area contributed by atoms with Gasteiger partial charge in [-0.3, -0.25) is 4.79 Å². The van der Waals surface area contributed by atoms with Crippen LogP contribution in [0, 0.1) is 5.41 Å². The van der Waals surface area contributed by atoms with Gasteiger partial charge in [0.1, 0.15) is 5.60 Å². The van der Waals surface area contributed by atoms with Gasteiger partial charge in [-0.25, -0.2) is 4.79 Å². The molecule has 0 atom stereocenters. The van der Waals surface area contributed by atoms with Crippen molar-refractivity contribution < 1.29 is 19.4 Å².